The van der Waals surface area contributed by atoms with Gasteiger partial charge >= 0.3 is 5.97 Å². The van der Waals surface area contributed by atoms with E-state index < -0.39 is 5.97 Å². The van der Waals surface area contributed by atoms with E-state index in [2.05, 4.69) is 10.3 Å². The Kier molecular flexibility index (Phi) is 7.87. The first kappa shape index (κ1) is 21.9. The second kappa shape index (κ2) is 10.8. The number of benzene rings is 2. The van der Waals surface area contributed by atoms with Gasteiger partial charge in [-0.25, -0.2) is 4.98 Å². The van der Waals surface area contributed by atoms with E-state index in [1.165, 1.54) is 16.9 Å². The quantitative estimate of drug-likeness (QED) is 0.389. The standard InChI is InChI=1S/C22H22N2O4S2/c1-15-6-8-18(9-7-15)27-13-21-24-17(14-30-21)11-22(26)28-12-20(25)23-16-4-3-5-19(10-16)29-2/h3-10,14H,11-13H2,1-2H3,(H,23,25). The molecule has 0 aliphatic rings. The molecule has 2 aromatic carbocycles. The van der Waals surface area contributed by atoms with Crippen molar-refractivity contribution in [1.82, 2.24) is 4.98 Å². The third kappa shape index (κ3) is 6.89. The van der Waals surface area contributed by atoms with Crippen LogP contribution in [0.1, 0.15) is 16.3 Å². The van der Waals surface area contributed by atoms with Crippen molar-refractivity contribution in [1.29, 1.82) is 0 Å². The second-order valence-corrected chi connectivity index (χ2v) is 8.27. The van der Waals surface area contributed by atoms with E-state index in [1.54, 1.807) is 23.2 Å². The Morgan fingerprint density at radius 3 is 2.73 bits per heavy atom. The molecule has 0 saturated carbocycles. The zero-order valence-corrected chi connectivity index (χ0v) is 18.3. The lowest BCUT2D eigenvalue weighted by molar-refractivity contribution is -0.146. The number of thioether (sulfide) groups is 1. The van der Waals surface area contributed by atoms with Crippen LogP contribution < -0.4 is 10.1 Å². The van der Waals surface area contributed by atoms with Crippen molar-refractivity contribution in [3.8, 4) is 5.75 Å². The number of amides is 1. The summed E-state index contributed by atoms with van der Waals surface area (Å²) in [6.07, 6.45) is 1.97. The maximum atomic E-state index is 12.0. The van der Waals surface area contributed by atoms with Gasteiger partial charge in [0.1, 0.15) is 17.4 Å². The van der Waals surface area contributed by atoms with Crippen LogP contribution in [0.15, 0.2) is 58.8 Å². The monoisotopic (exact) mass is 442 g/mol. The van der Waals surface area contributed by atoms with Gasteiger partial charge in [0.2, 0.25) is 0 Å². The normalized spacial score (nSPS) is 10.5. The zero-order valence-electron chi connectivity index (χ0n) is 16.7. The van der Waals surface area contributed by atoms with Gasteiger partial charge in [0, 0.05) is 16.0 Å². The van der Waals surface area contributed by atoms with E-state index in [0.29, 0.717) is 18.0 Å². The molecule has 1 aromatic heterocycles. The summed E-state index contributed by atoms with van der Waals surface area (Å²) < 4.78 is 10.8. The van der Waals surface area contributed by atoms with Crippen LogP contribution in [0.3, 0.4) is 0 Å². The molecule has 6 nitrogen and oxygen atoms in total. The Morgan fingerprint density at radius 2 is 1.97 bits per heavy atom. The Balaban J connectivity index is 1.41. The minimum Gasteiger partial charge on any atom is -0.486 e. The van der Waals surface area contributed by atoms with Crippen molar-refractivity contribution in [3.63, 3.8) is 0 Å². The Hall–Kier alpha value is -2.84. The number of aromatic nitrogens is 1. The molecule has 30 heavy (non-hydrogen) atoms. The van der Waals surface area contributed by atoms with Gasteiger partial charge in [-0.05, 0) is 43.5 Å². The fourth-order valence-electron chi connectivity index (χ4n) is 2.52. The van der Waals surface area contributed by atoms with Crippen LogP contribution >= 0.6 is 23.1 Å². The first-order valence-corrected chi connectivity index (χ1v) is 11.3. The zero-order chi connectivity index (χ0) is 21.3. The smallest absolute Gasteiger partial charge is 0.312 e. The fourth-order valence-corrected chi connectivity index (χ4v) is 3.68. The molecule has 3 rings (SSSR count). The van der Waals surface area contributed by atoms with Gasteiger partial charge in [-0.3, -0.25) is 9.59 Å². The Labute approximate surface area is 183 Å². The molecular weight excluding hydrogens is 420 g/mol. The van der Waals surface area contributed by atoms with E-state index in [9.17, 15) is 9.59 Å². The molecule has 0 unspecified atom stereocenters. The largest absolute Gasteiger partial charge is 0.486 e. The van der Waals surface area contributed by atoms with E-state index in [0.717, 1.165) is 15.7 Å². The molecule has 1 N–H and O–H groups in total. The number of esters is 1. The van der Waals surface area contributed by atoms with Crippen LogP contribution in [0.25, 0.3) is 0 Å². The van der Waals surface area contributed by atoms with Crippen LogP contribution in [-0.2, 0) is 27.4 Å². The van der Waals surface area contributed by atoms with Crippen molar-refractivity contribution < 1.29 is 19.1 Å². The molecule has 0 aliphatic heterocycles. The Morgan fingerprint density at radius 1 is 1.17 bits per heavy atom. The number of carbonyl (C=O) groups excluding carboxylic acids is 2. The highest BCUT2D eigenvalue weighted by Gasteiger charge is 2.12. The highest BCUT2D eigenvalue weighted by Crippen LogP contribution is 2.19. The summed E-state index contributed by atoms with van der Waals surface area (Å²) in [5.41, 5.74) is 2.43. The highest BCUT2D eigenvalue weighted by atomic mass is 32.2. The highest BCUT2D eigenvalue weighted by molar-refractivity contribution is 7.98. The minimum absolute atomic E-state index is 0.0102. The van der Waals surface area contributed by atoms with Crippen molar-refractivity contribution in [2.24, 2.45) is 0 Å². The van der Waals surface area contributed by atoms with Crippen LogP contribution in [-0.4, -0.2) is 29.7 Å². The molecule has 0 radical (unpaired) electrons. The van der Waals surface area contributed by atoms with E-state index in [-0.39, 0.29) is 18.9 Å². The van der Waals surface area contributed by atoms with Gasteiger partial charge in [0.05, 0.1) is 12.1 Å². The lowest BCUT2D eigenvalue weighted by Crippen LogP contribution is -2.21. The van der Waals surface area contributed by atoms with Crippen molar-refractivity contribution in [2.75, 3.05) is 18.2 Å². The average molecular weight is 443 g/mol. The number of ether oxygens (including phenoxy) is 2. The topological polar surface area (TPSA) is 77.5 Å². The predicted octanol–water partition coefficient (Wildman–Crippen LogP) is 4.48. The van der Waals surface area contributed by atoms with Crippen LogP contribution in [0, 0.1) is 6.92 Å². The maximum absolute atomic E-state index is 12.0. The molecule has 1 amide bonds. The molecule has 3 aromatic rings. The third-order valence-corrected chi connectivity index (χ3v) is 5.62. The lowest BCUT2D eigenvalue weighted by Gasteiger charge is -2.07. The molecule has 0 saturated heterocycles. The second-order valence-electron chi connectivity index (χ2n) is 6.45. The minimum atomic E-state index is -0.501. The lowest BCUT2D eigenvalue weighted by atomic mass is 10.2. The Bertz CT molecular complexity index is 1000. The van der Waals surface area contributed by atoms with Crippen LogP contribution in [0.4, 0.5) is 5.69 Å². The number of nitrogens with zero attached hydrogens (tertiary/aromatic N) is 1. The molecule has 0 spiro atoms. The maximum Gasteiger partial charge on any atom is 0.312 e. The first-order chi connectivity index (χ1) is 14.5. The molecule has 1 heterocycles. The molecule has 0 aliphatic carbocycles. The van der Waals surface area contributed by atoms with Crippen LogP contribution in [0.5, 0.6) is 5.75 Å². The number of carbonyl (C=O) groups is 2. The van der Waals surface area contributed by atoms with Crippen molar-refractivity contribution in [2.45, 2.75) is 24.8 Å². The number of hydrogen-bond acceptors (Lipinski definition) is 7. The average Bonchev–Trinajstić information content (AvgIpc) is 3.19. The van der Waals surface area contributed by atoms with Gasteiger partial charge in [-0.1, -0.05) is 23.8 Å². The van der Waals surface area contributed by atoms with E-state index >= 15 is 0 Å². The summed E-state index contributed by atoms with van der Waals surface area (Å²) >= 11 is 3.00. The summed E-state index contributed by atoms with van der Waals surface area (Å²) in [6, 6.07) is 15.2. The summed E-state index contributed by atoms with van der Waals surface area (Å²) in [6.45, 7) is 2.01. The number of nitrogens with one attached hydrogen (secondary N) is 1. The van der Waals surface area contributed by atoms with E-state index in [4.69, 9.17) is 9.47 Å². The molecule has 0 fully saturated rings. The van der Waals surface area contributed by atoms with Crippen LogP contribution in [0.2, 0.25) is 0 Å². The fraction of sp³-hybridized carbons (Fsp3) is 0.227. The summed E-state index contributed by atoms with van der Waals surface area (Å²) in [5, 5.41) is 5.28. The molecule has 0 atom stereocenters. The van der Waals surface area contributed by atoms with Crippen molar-refractivity contribution >= 4 is 40.7 Å². The first-order valence-electron chi connectivity index (χ1n) is 9.24. The number of anilines is 1. The number of rotatable bonds is 9. The SMILES string of the molecule is CSc1cccc(NC(=O)COC(=O)Cc2csc(COc3ccc(C)cc3)n2)c1. The van der Waals surface area contributed by atoms with Crippen molar-refractivity contribution in [3.05, 3.63) is 70.2 Å². The predicted molar refractivity (Wildman–Crippen MR) is 119 cm³/mol. The van der Waals surface area contributed by atoms with Gasteiger partial charge in [0.15, 0.2) is 6.61 Å². The van der Waals surface area contributed by atoms with Gasteiger partial charge in [0.25, 0.3) is 5.91 Å². The number of hydrogen-bond donors (Lipinski definition) is 1. The molecular formula is C22H22N2O4S2. The molecule has 156 valence electrons. The van der Waals surface area contributed by atoms with Gasteiger partial charge in [-0.15, -0.1) is 23.1 Å². The summed E-state index contributed by atoms with van der Waals surface area (Å²) in [5.74, 6) is -0.114. The van der Waals surface area contributed by atoms with E-state index in [1.807, 2.05) is 55.6 Å². The molecule has 0 bridgehead atoms. The third-order valence-electron chi connectivity index (χ3n) is 4.03. The molecule has 8 heteroatoms. The summed E-state index contributed by atoms with van der Waals surface area (Å²) in [7, 11) is 0. The van der Waals surface area contributed by atoms with Gasteiger partial charge < -0.3 is 14.8 Å². The van der Waals surface area contributed by atoms with Gasteiger partial charge in [-0.2, -0.15) is 0 Å². The summed E-state index contributed by atoms with van der Waals surface area (Å²) in [4.78, 5) is 29.4. The number of thiazole rings is 1. The number of aryl methyl sites for hydroxylation is 1.